The summed E-state index contributed by atoms with van der Waals surface area (Å²) >= 11 is 0. The Morgan fingerprint density at radius 2 is 2.25 bits per heavy atom. The van der Waals surface area contributed by atoms with E-state index in [1.807, 2.05) is 0 Å². The maximum atomic E-state index is 10.9. The van der Waals surface area contributed by atoms with Crippen LogP contribution in [0.25, 0.3) is 0 Å². The van der Waals surface area contributed by atoms with Gasteiger partial charge in [0.2, 0.25) is 14.9 Å². The van der Waals surface area contributed by atoms with Crippen molar-refractivity contribution in [3.05, 3.63) is 16.3 Å². The van der Waals surface area contributed by atoms with Gasteiger partial charge >= 0.3 is 11.8 Å². The standard InChI is InChI=1S/C5H6N4O6S/c6-16(14,15)3-1-8(2-4(10)11)7-5(3)9(12)13/h1H,2H2,(H,10,11)(H2,6,14,15). The van der Waals surface area contributed by atoms with Crippen molar-refractivity contribution in [2.45, 2.75) is 11.4 Å². The zero-order valence-corrected chi connectivity index (χ0v) is 8.42. The number of carbonyl (C=O) groups is 1. The third-order valence-corrected chi connectivity index (χ3v) is 2.39. The molecule has 0 atom stereocenters. The lowest BCUT2D eigenvalue weighted by molar-refractivity contribution is -0.392. The van der Waals surface area contributed by atoms with Gasteiger partial charge in [-0.3, -0.25) is 4.79 Å². The summed E-state index contributed by atoms with van der Waals surface area (Å²) in [6, 6.07) is 0. The summed E-state index contributed by atoms with van der Waals surface area (Å²) in [6.07, 6.45) is 0.696. The SMILES string of the molecule is NS(=O)(=O)c1cn(CC(=O)O)nc1[N+](=O)[O-]. The molecule has 1 aromatic heterocycles. The molecule has 3 N–H and O–H groups in total. The maximum Gasteiger partial charge on any atom is 0.410 e. The van der Waals surface area contributed by atoms with Gasteiger partial charge in [-0.25, -0.2) is 13.6 Å². The second kappa shape index (κ2) is 3.86. The third-order valence-electron chi connectivity index (χ3n) is 1.49. The highest BCUT2D eigenvalue weighted by molar-refractivity contribution is 7.89. The van der Waals surface area contributed by atoms with E-state index in [1.54, 1.807) is 0 Å². The smallest absolute Gasteiger partial charge is 0.410 e. The van der Waals surface area contributed by atoms with Crippen LogP contribution in [-0.2, 0) is 21.4 Å². The Balaban J connectivity index is 3.32. The van der Waals surface area contributed by atoms with Crippen LogP contribution in [0.15, 0.2) is 11.1 Å². The summed E-state index contributed by atoms with van der Waals surface area (Å²) < 4.78 is 22.5. The Labute approximate surface area is 88.5 Å². The molecule has 0 bridgehead atoms. The molecule has 10 nitrogen and oxygen atoms in total. The highest BCUT2D eigenvalue weighted by Crippen LogP contribution is 2.19. The van der Waals surface area contributed by atoms with Crippen molar-refractivity contribution in [3.63, 3.8) is 0 Å². The van der Waals surface area contributed by atoms with Gasteiger partial charge in [-0.2, -0.15) is 4.68 Å². The third kappa shape index (κ3) is 2.52. The molecule has 0 unspecified atom stereocenters. The number of carboxylic acids is 1. The van der Waals surface area contributed by atoms with Gasteiger partial charge < -0.3 is 15.2 Å². The van der Waals surface area contributed by atoms with E-state index in [9.17, 15) is 23.3 Å². The van der Waals surface area contributed by atoms with E-state index in [2.05, 4.69) is 5.10 Å². The molecule has 0 aromatic carbocycles. The van der Waals surface area contributed by atoms with E-state index >= 15 is 0 Å². The van der Waals surface area contributed by atoms with Gasteiger partial charge in [-0.05, 0) is 4.92 Å². The minimum Gasteiger partial charge on any atom is -0.480 e. The molecular formula is C5H6N4O6S. The molecule has 1 heterocycles. The predicted molar refractivity (Wildman–Crippen MR) is 47.9 cm³/mol. The summed E-state index contributed by atoms with van der Waals surface area (Å²) in [5.74, 6) is -2.32. The zero-order valence-electron chi connectivity index (χ0n) is 7.60. The van der Waals surface area contributed by atoms with E-state index in [0.717, 1.165) is 0 Å². The average molecular weight is 250 g/mol. The van der Waals surface area contributed by atoms with Crippen molar-refractivity contribution < 1.29 is 23.2 Å². The van der Waals surface area contributed by atoms with Crippen LogP contribution < -0.4 is 5.14 Å². The van der Waals surface area contributed by atoms with Crippen molar-refractivity contribution in [1.82, 2.24) is 9.78 Å². The topological polar surface area (TPSA) is 158 Å². The molecule has 1 rings (SSSR count). The predicted octanol–water partition coefficient (Wildman–Crippen LogP) is -1.48. The average Bonchev–Trinajstić information content (AvgIpc) is 2.45. The second-order valence-corrected chi connectivity index (χ2v) is 4.24. The number of rotatable bonds is 4. The van der Waals surface area contributed by atoms with E-state index in [1.165, 1.54) is 0 Å². The van der Waals surface area contributed by atoms with Crippen molar-refractivity contribution in [3.8, 4) is 0 Å². The van der Waals surface area contributed by atoms with Gasteiger partial charge in [0.1, 0.15) is 0 Å². The van der Waals surface area contributed by atoms with Crippen molar-refractivity contribution in [2.24, 2.45) is 5.14 Å². The molecule has 0 aliphatic heterocycles. The number of nitrogens with zero attached hydrogens (tertiary/aromatic N) is 3. The monoisotopic (exact) mass is 250 g/mol. The highest BCUT2D eigenvalue weighted by atomic mass is 32.2. The molecule has 88 valence electrons. The Hall–Kier alpha value is -2.01. The molecule has 1 aromatic rings. The van der Waals surface area contributed by atoms with E-state index in [4.69, 9.17) is 10.2 Å². The van der Waals surface area contributed by atoms with Crippen LogP contribution >= 0.6 is 0 Å². The Kier molecular flexibility index (Phi) is 2.91. The molecule has 0 spiro atoms. The number of hydrogen-bond acceptors (Lipinski definition) is 6. The van der Waals surface area contributed by atoms with E-state index in [-0.39, 0.29) is 0 Å². The molecule has 0 saturated heterocycles. The fourth-order valence-electron chi connectivity index (χ4n) is 0.940. The first-order valence-corrected chi connectivity index (χ1v) is 5.23. The van der Waals surface area contributed by atoms with Gasteiger partial charge in [0.25, 0.3) is 0 Å². The summed E-state index contributed by atoms with van der Waals surface area (Å²) in [4.78, 5) is 18.8. The maximum absolute atomic E-state index is 10.9. The Morgan fingerprint density at radius 3 is 2.56 bits per heavy atom. The summed E-state index contributed by atoms with van der Waals surface area (Å²) in [7, 11) is -4.31. The number of nitro groups is 1. The molecule has 0 amide bonds. The highest BCUT2D eigenvalue weighted by Gasteiger charge is 2.29. The van der Waals surface area contributed by atoms with E-state index < -0.39 is 38.2 Å². The molecular weight excluding hydrogens is 244 g/mol. The van der Waals surface area contributed by atoms with Crippen LogP contribution in [-0.4, -0.2) is 34.2 Å². The number of aliphatic carboxylic acids is 1. The summed E-state index contributed by atoms with van der Waals surface area (Å²) in [5, 5.41) is 26.7. The minimum absolute atomic E-state index is 0.611. The van der Waals surface area contributed by atoms with Gasteiger partial charge in [0.15, 0.2) is 6.54 Å². The lowest BCUT2D eigenvalue weighted by atomic mass is 10.6. The molecule has 0 aliphatic carbocycles. The fraction of sp³-hybridized carbons (Fsp3) is 0.200. The Bertz CT molecular complexity index is 545. The number of carboxylic acid groups (broad SMARTS) is 1. The first-order valence-electron chi connectivity index (χ1n) is 3.68. The first kappa shape index (κ1) is 12.1. The fourth-order valence-corrected chi connectivity index (χ4v) is 1.58. The van der Waals surface area contributed by atoms with Crippen LogP contribution in [0.5, 0.6) is 0 Å². The van der Waals surface area contributed by atoms with Gasteiger partial charge in [-0.15, -0.1) is 0 Å². The van der Waals surface area contributed by atoms with Crippen LogP contribution in [0.3, 0.4) is 0 Å². The number of aromatic nitrogens is 2. The largest absolute Gasteiger partial charge is 0.480 e. The molecule has 0 radical (unpaired) electrons. The zero-order chi connectivity index (χ0) is 12.5. The van der Waals surface area contributed by atoms with Crippen LogP contribution in [0.2, 0.25) is 0 Å². The number of nitrogens with two attached hydrogens (primary N) is 1. The molecule has 16 heavy (non-hydrogen) atoms. The quantitative estimate of drug-likeness (QED) is 0.487. The van der Waals surface area contributed by atoms with Crippen LogP contribution in [0.4, 0.5) is 5.82 Å². The number of primary sulfonamides is 1. The Morgan fingerprint density at radius 1 is 1.69 bits per heavy atom. The van der Waals surface area contributed by atoms with Crippen molar-refractivity contribution in [1.29, 1.82) is 0 Å². The minimum atomic E-state index is -4.31. The lowest BCUT2D eigenvalue weighted by Crippen LogP contribution is -2.13. The lowest BCUT2D eigenvalue weighted by Gasteiger charge is -1.91. The normalized spacial score (nSPS) is 11.3. The van der Waals surface area contributed by atoms with Gasteiger partial charge in [-0.1, -0.05) is 0 Å². The van der Waals surface area contributed by atoms with Gasteiger partial charge in [0.05, 0.1) is 11.3 Å². The van der Waals surface area contributed by atoms with Gasteiger partial charge in [0, 0.05) is 0 Å². The first-order chi connectivity index (χ1) is 7.21. The van der Waals surface area contributed by atoms with Crippen LogP contribution in [0, 0.1) is 10.1 Å². The van der Waals surface area contributed by atoms with Crippen molar-refractivity contribution in [2.75, 3.05) is 0 Å². The van der Waals surface area contributed by atoms with Crippen LogP contribution in [0.1, 0.15) is 0 Å². The van der Waals surface area contributed by atoms with E-state index in [0.29, 0.717) is 10.9 Å². The molecule has 0 aliphatic rings. The molecule has 11 heteroatoms. The molecule has 0 fully saturated rings. The number of hydrogen-bond donors (Lipinski definition) is 2. The molecule has 0 saturated carbocycles. The summed E-state index contributed by atoms with van der Waals surface area (Å²) in [6.45, 7) is -0.698. The number of sulfonamides is 1. The summed E-state index contributed by atoms with van der Waals surface area (Å²) in [5.41, 5.74) is 0. The second-order valence-electron chi connectivity index (χ2n) is 2.71. The van der Waals surface area contributed by atoms with Crippen molar-refractivity contribution >= 4 is 21.8 Å².